The molecule has 0 N–H and O–H groups in total. The number of Topliss-reactive ketones (excluding diaryl/α,β-unsaturated/α-hetero) is 1. The van der Waals surface area contributed by atoms with Crippen molar-refractivity contribution in [2.24, 2.45) is 0 Å². The molecule has 0 bridgehead atoms. The average Bonchev–Trinajstić information content (AvgIpc) is 3.24. The summed E-state index contributed by atoms with van der Waals surface area (Å²) < 4.78 is 5.59. The van der Waals surface area contributed by atoms with Gasteiger partial charge in [0.1, 0.15) is 0 Å². The maximum absolute atomic E-state index is 13.3. The highest BCUT2D eigenvalue weighted by Crippen LogP contribution is 2.37. The lowest BCUT2D eigenvalue weighted by molar-refractivity contribution is 0.0475. The summed E-state index contributed by atoms with van der Waals surface area (Å²) in [5.74, 6) is -0.677. The summed E-state index contributed by atoms with van der Waals surface area (Å²) in [5, 5.41) is 0.756. The van der Waals surface area contributed by atoms with Gasteiger partial charge in [-0.25, -0.2) is 9.78 Å². The standard InChI is InChI=1S/C30H25NO3/c1-19-12-13-20(2)25(16-19)27(32)18-34-30(33)28-23-10-6-7-11-26(23)31-29-22(14-15-24(28)29)17-21-8-4-3-5-9-21/h3-13,16-17H,14-15,18H2,1-2H3. The minimum atomic E-state index is -0.477. The molecular formula is C30H25NO3. The summed E-state index contributed by atoms with van der Waals surface area (Å²) >= 11 is 0. The molecule has 4 aromatic rings. The van der Waals surface area contributed by atoms with Crippen LogP contribution >= 0.6 is 0 Å². The van der Waals surface area contributed by atoms with Gasteiger partial charge in [-0.3, -0.25) is 4.79 Å². The van der Waals surface area contributed by atoms with Crippen LogP contribution in [-0.4, -0.2) is 23.3 Å². The van der Waals surface area contributed by atoms with Crippen molar-refractivity contribution < 1.29 is 14.3 Å². The Morgan fingerprint density at radius 3 is 2.53 bits per heavy atom. The zero-order valence-electron chi connectivity index (χ0n) is 19.3. The van der Waals surface area contributed by atoms with Gasteiger partial charge in [0.2, 0.25) is 5.78 Å². The zero-order chi connectivity index (χ0) is 23.7. The number of benzene rings is 3. The first-order valence-corrected chi connectivity index (χ1v) is 11.5. The van der Waals surface area contributed by atoms with E-state index in [0.29, 0.717) is 17.5 Å². The number of para-hydroxylation sites is 1. The Labute approximate surface area is 198 Å². The molecular weight excluding hydrogens is 422 g/mol. The van der Waals surface area contributed by atoms with Gasteiger partial charge in [-0.2, -0.15) is 0 Å². The second-order valence-electron chi connectivity index (χ2n) is 8.73. The Hall–Kier alpha value is -4.05. The Morgan fingerprint density at radius 2 is 1.71 bits per heavy atom. The van der Waals surface area contributed by atoms with E-state index in [1.807, 2.05) is 74.5 Å². The third kappa shape index (κ3) is 4.15. The highest BCUT2D eigenvalue weighted by Gasteiger charge is 2.28. The molecule has 0 unspecified atom stereocenters. The van der Waals surface area contributed by atoms with Crippen molar-refractivity contribution in [3.63, 3.8) is 0 Å². The number of nitrogens with zero attached hydrogens (tertiary/aromatic N) is 1. The molecule has 3 aromatic carbocycles. The number of hydrogen-bond acceptors (Lipinski definition) is 4. The highest BCUT2D eigenvalue weighted by atomic mass is 16.5. The molecule has 34 heavy (non-hydrogen) atoms. The molecule has 0 saturated carbocycles. The fourth-order valence-electron chi connectivity index (χ4n) is 4.58. The largest absolute Gasteiger partial charge is 0.454 e. The Kier molecular flexibility index (Phi) is 5.81. The maximum atomic E-state index is 13.3. The fraction of sp³-hybridized carbons (Fsp3) is 0.167. The number of aryl methyl sites for hydroxylation is 2. The fourth-order valence-corrected chi connectivity index (χ4v) is 4.58. The van der Waals surface area contributed by atoms with Crippen LogP contribution in [-0.2, 0) is 11.2 Å². The first-order valence-electron chi connectivity index (χ1n) is 11.5. The van der Waals surface area contributed by atoms with E-state index < -0.39 is 5.97 Å². The van der Waals surface area contributed by atoms with Crippen molar-refractivity contribution in [1.82, 2.24) is 4.98 Å². The molecule has 1 aromatic heterocycles. The lowest BCUT2D eigenvalue weighted by Crippen LogP contribution is -2.17. The van der Waals surface area contributed by atoms with Gasteiger partial charge in [-0.1, -0.05) is 66.2 Å². The summed E-state index contributed by atoms with van der Waals surface area (Å²) in [6.45, 7) is 3.54. The number of esters is 1. The average molecular weight is 448 g/mol. The van der Waals surface area contributed by atoms with Crippen molar-refractivity contribution in [3.8, 4) is 0 Å². The van der Waals surface area contributed by atoms with Gasteiger partial charge in [0.05, 0.1) is 16.8 Å². The predicted molar refractivity (Wildman–Crippen MR) is 135 cm³/mol. The molecule has 1 aliphatic rings. The van der Waals surface area contributed by atoms with E-state index in [1.54, 1.807) is 0 Å². The van der Waals surface area contributed by atoms with Crippen LogP contribution in [0.4, 0.5) is 0 Å². The van der Waals surface area contributed by atoms with E-state index in [1.165, 1.54) is 0 Å². The number of carbonyl (C=O) groups is 2. The van der Waals surface area contributed by atoms with Crippen LogP contribution in [0.3, 0.4) is 0 Å². The Morgan fingerprint density at radius 1 is 0.941 bits per heavy atom. The summed E-state index contributed by atoms with van der Waals surface area (Å²) in [6.07, 6.45) is 3.64. The molecule has 5 rings (SSSR count). The highest BCUT2D eigenvalue weighted by molar-refractivity contribution is 6.08. The van der Waals surface area contributed by atoms with Crippen LogP contribution in [0.5, 0.6) is 0 Å². The van der Waals surface area contributed by atoms with Crippen molar-refractivity contribution in [3.05, 3.63) is 112 Å². The molecule has 1 aliphatic carbocycles. The minimum absolute atomic E-state index is 0.200. The third-order valence-corrected chi connectivity index (χ3v) is 6.31. The molecule has 0 saturated heterocycles. The molecule has 0 radical (unpaired) electrons. The normalized spacial score (nSPS) is 13.8. The van der Waals surface area contributed by atoms with E-state index in [4.69, 9.17) is 9.72 Å². The summed E-state index contributed by atoms with van der Waals surface area (Å²) in [5.41, 5.74) is 7.66. The van der Waals surface area contributed by atoms with Crippen LogP contribution in [0.25, 0.3) is 22.6 Å². The lowest BCUT2D eigenvalue weighted by Gasteiger charge is -2.13. The van der Waals surface area contributed by atoms with Crippen LogP contribution in [0, 0.1) is 13.8 Å². The van der Waals surface area contributed by atoms with Crippen LogP contribution in [0.1, 0.15) is 55.1 Å². The van der Waals surface area contributed by atoms with Crippen molar-refractivity contribution in [2.75, 3.05) is 6.61 Å². The number of ether oxygens (including phenoxy) is 1. The molecule has 1 heterocycles. The van der Waals surface area contributed by atoms with Crippen molar-refractivity contribution in [1.29, 1.82) is 0 Å². The zero-order valence-corrected chi connectivity index (χ0v) is 19.3. The topological polar surface area (TPSA) is 56.3 Å². The number of pyridine rings is 1. The van der Waals surface area contributed by atoms with Gasteiger partial charge in [0.25, 0.3) is 0 Å². The van der Waals surface area contributed by atoms with E-state index >= 15 is 0 Å². The molecule has 0 spiro atoms. The van der Waals surface area contributed by atoms with Crippen molar-refractivity contribution >= 4 is 34.3 Å². The van der Waals surface area contributed by atoms with Gasteiger partial charge in [-0.05, 0) is 67.2 Å². The number of aromatic nitrogens is 1. The number of allylic oxidation sites excluding steroid dienone is 1. The molecule has 0 amide bonds. The van der Waals surface area contributed by atoms with Gasteiger partial charge in [-0.15, -0.1) is 0 Å². The molecule has 0 aliphatic heterocycles. The van der Waals surface area contributed by atoms with Gasteiger partial charge in [0.15, 0.2) is 6.61 Å². The third-order valence-electron chi connectivity index (χ3n) is 6.31. The number of rotatable bonds is 5. The van der Waals surface area contributed by atoms with Crippen LogP contribution < -0.4 is 0 Å². The van der Waals surface area contributed by atoms with E-state index in [-0.39, 0.29) is 12.4 Å². The van der Waals surface area contributed by atoms with Gasteiger partial charge in [0, 0.05) is 10.9 Å². The first kappa shape index (κ1) is 21.8. The van der Waals surface area contributed by atoms with Crippen LogP contribution in [0.15, 0.2) is 72.8 Å². The van der Waals surface area contributed by atoms with Gasteiger partial charge >= 0.3 is 5.97 Å². The second-order valence-corrected chi connectivity index (χ2v) is 8.73. The van der Waals surface area contributed by atoms with E-state index in [9.17, 15) is 9.59 Å². The Bertz CT molecular complexity index is 1450. The van der Waals surface area contributed by atoms with E-state index in [2.05, 4.69) is 18.2 Å². The summed E-state index contributed by atoms with van der Waals surface area (Å²) in [6, 6.07) is 23.4. The number of fused-ring (bicyclic) bond motifs is 2. The molecule has 0 atom stereocenters. The SMILES string of the molecule is Cc1ccc(C)c(C(=O)COC(=O)c2c3c(nc4ccccc24)C(=Cc2ccccc2)CC3)c1. The maximum Gasteiger partial charge on any atom is 0.339 e. The number of ketones is 1. The lowest BCUT2D eigenvalue weighted by atomic mass is 10.0. The van der Waals surface area contributed by atoms with Gasteiger partial charge < -0.3 is 4.74 Å². The summed E-state index contributed by atoms with van der Waals surface area (Å²) in [4.78, 5) is 31.1. The molecule has 168 valence electrons. The molecule has 4 heteroatoms. The minimum Gasteiger partial charge on any atom is -0.454 e. The monoisotopic (exact) mass is 447 g/mol. The Balaban J connectivity index is 1.50. The van der Waals surface area contributed by atoms with Crippen molar-refractivity contribution in [2.45, 2.75) is 26.7 Å². The molecule has 4 nitrogen and oxygen atoms in total. The number of hydrogen-bond donors (Lipinski definition) is 0. The molecule has 0 fully saturated rings. The van der Waals surface area contributed by atoms with Crippen LogP contribution in [0.2, 0.25) is 0 Å². The smallest absolute Gasteiger partial charge is 0.339 e. The predicted octanol–water partition coefficient (Wildman–Crippen LogP) is 6.38. The van der Waals surface area contributed by atoms with E-state index in [0.717, 1.165) is 50.8 Å². The second kappa shape index (κ2) is 9.06. The quantitative estimate of drug-likeness (QED) is 0.263. The first-order chi connectivity index (χ1) is 16.5. The number of carbonyl (C=O) groups excluding carboxylic acids is 2. The summed E-state index contributed by atoms with van der Waals surface area (Å²) in [7, 11) is 0.